The van der Waals surface area contributed by atoms with Gasteiger partial charge in [0.25, 0.3) is 0 Å². The van der Waals surface area contributed by atoms with E-state index in [0.29, 0.717) is 6.61 Å². The van der Waals surface area contributed by atoms with Crippen molar-refractivity contribution in [2.24, 2.45) is 0 Å². The molecule has 140 valence electrons. The number of aryl methyl sites for hydroxylation is 1. The SMILES string of the molecule is Cc1ccc(Nc2nc(-c3ccc(OCc4ccc(Br)cc4)cc3)cs2)cc1. The fourth-order valence-corrected chi connectivity index (χ4v) is 3.70. The third kappa shape index (κ3) is 4.80. The highest BCUT2D eigenvalue weighted by atomic mass is 79.9. The molecule has 0 saturated carbocycles. The van der Waals surface area contributed by atoms with E-state index in [1.807, 2.05) is 36.4 Å². The van der Waals surface area contributed by atoms with Gasteiger partial charge in [0.2, 0.25) is 0 Å². The van der Waals surface area contributed by atoms with Gasteiger partial charge < -0.3 is 10.1 Å². The highest BCUT2D eigenvalue weighted by molar-refractivity contribution is 9.10. The number of nitrogens with zero attached hydrogens (tertiary/aromatic N) is 1. The second kappa shape index (κ2) is 8.59. The molecule has 1 heterocycles. The maximum Gasteiger partial charge on any atom is 0.187 e. The van der Waals surface area contributed by atoms with Crippen LogP contribution < -0.4 is 10.1 Å². The lowest BCUT2D eigenvalue weighted by atomic mass is 10.2. The van der Waals surface area contributed by atoms with Gasteiger partial charge in [0.1, 0.15) is 12.4 Å². The molecule has 0 spiro atoms. The Bertz CT molecular complexity index is 1040. The third-order valence-electron chi connectivity index (χ3n) is 4.28. The van der Waals surface area contributed by atoms with E-state index in [4.69, 9.17) is 9.72 Å². The van der Waals surface area contributed by atoms with E-state index in [9.17, 15) is 0 Å². The predicted molar refractivity (Wildman–Crippen MR) is 120 cm³/mol. The molecular formula is C23H19BrN2OS. The summed E-state index contributed by atoms with van der Waals surface area (Å²) >= 11 is 5.04. The topological polar surface area (TPSA) is 34.2 Å². The zero-order chi connectivity index (χ0) is 19.3. The van der Waals surface area contributed by atoms with Crippen LogP contribution in [0.4, 0.5) is 10.8 Å². The maximum atomic E-state index is 5.87. The lowest BCUT2D eigenvalue weighted by Crippen LogP contribution is -1.95. The molecule has 3 aromatic carbocycles. The van der Waals surface area contributed by atoms with Gasteiger partial charge in [0.15, 0.2) is 5.13 Å². The van der Waals surface area contributed by atoms with Gasteiger partial charge in [-0.3, -0.25) is 0 Å². The molecule has 4 aromatic rings. The molecule has 0 fully saturated rings. The van der Waals surface area contributed by atoms with Crippen molar-refractivity contribution in [3.63, 3.8) is 0 Å². The Morgan fingerprint density at radius 3 is 2.36 bits per heavy atom. The number of nitrogens with one attached hydrogen (secondary N) is 1. The predicted octanol–water partition coefficient (Wildman–Crippen LogP) is 7.20. The summed E-state index contributed by atoms with van der Waals surface area (Å²) in [5.41, 5.74) is 5.46. The zero-order valence-electron chi connectivity index (χ0n) is 15.4. The van der Waals surface area contributed by atoms with Crippen molar-refractivity contribution >= 4 is 38.1 Å². The van der Waals surface area contributed by atoms with Crippen LogP contribution in [0.1, 0.15) is 11.1 Å². The molecule has 0 unspecified atom stereocenters. The molecule has 0 atom stereocenters. The van der Waals surface area contributed by atoms with Gasteiger partial charge in [-0.05, 0) is 61.0 Å². The van der Waals surface area contributed by atoms with Gasteiger partial charge in [0, 0.05) is 21.1 Å². The van der Waals surface area contributed by atoms with Crippen molar-refractivity contribution in [3.05, 3.63) is 93.8 Å². The molecule has 28 heavy (non-hydrogen) atoms. The fourth-order valence-electron chi connectivity index (χ4n) is 2.69. The highest BCUT2D eigenvalue weighted by Gasteiger charge is 2.06. The van der Waals surface area contributed by atoms with Gasteiger partial charge in [0.05, 0.1) is 5.69 Å². The summed E-state index contributed by atoms with van der Waals surface area (Å²) in [5, 5.41) is 6.30. The largest absolute Gasteiger partial charge is 0.489 e. The van der Waals surface area contributed by atoms with E-state index >= 15 is 0 Å². The molecule has 0 saturated heterocycles. The minimum Gasteiger partial charge on any atom is -0.489 e. The molecular weight excluding hydrogens is 432 g/mol. The van der Waals surface area contributed by atoms with Gasteiger partial charge in [-0.1, -0.05) is 45.8 Å². The van der Waals surface area contributed by atoms with Crippen LogP contribution in [0.2, 0.25) is 0 Å². The Morgan fingerprint density at radius 2 is 1.64 bits per heavy atom. The smallest absolute Gasteiger partial charge is 0.187 e. The Labute approximate surface area is 177 Å². The van der Waals surface area contributed by atoms with Gasteiger partial charge in [-0.15, -0.1) is 11.3 Å². The molecule has 0 radical (unpaired) electrons. The number of thiazole rings is 1. The molecule has 4 rings (SSSR count). The Kier molecular flexibility index (Phi) is 5.74. The van der Waals surface area contributed by atoms with Gasteiger partial charge in [-0.25, -0.2) is 4.98 Å². The number of hydrogen-bond acceptors (Lipinski definition) is 4. The standard InChI is InChI=1S/C23H19BrN2OS/c1-16-2-10-20(11-3-16)25-23-26-22(15-28-23)18-6-12-21(13-7-18)27-14-17-4-8-19(24)9-5-17/h2-13,15H,14H2,1H3,(H,25,26). The lowest BCUT2D eigenvalue weighted by molar-refractivity contribution is 0.306. The second-order valence-electron chi connectivity index (χ2n) is 6.47. The number of benzene rings is 3. The number of rotatable bonds is 6. The fraction of sp³-hybridized carbons (Fsp3) is 0.0870. The van der Waals surface area contributed by atoms with Crippen LogP contribution in [0, 0.1) is 6.92 Å². The molecule has 0 bridgehead atoms. The number of anilines is 2. The summed E-state index contributed by atoms with van der Waals surface area (Å²) in [6.45, 7) is 2.63. The Hall–Kier alpha value is -2.63. The summed E-state index contributed by atoms with van der Waals surface area (Å²) in [7, 11) is 0. The highest BCUT2D eigenvalue weighted by Crippen LogP contribution is 2.28. The van der Waals surface area contributed by atoms with E-state index in [0.717, 1.165) is 37.9 Å². The molecule has 3 nitrogen and oxygen atoms in total. The first kappa shape index (κ1) is 18.7. The quantitative estimate of drug-likeness (QED) is 0.337. The van der Waals surface area contributed by atoms with E-state index in [1.165, 1.54) is 5.56 Å². The van der Waals surface area contributed by atoms with Crippen molar-refractivity contribution < 1.29 is 4.74 Å². The molecule has 0 aliphatic carbocycles. The van der Waals surface area contributed by atoms with Crippen molar-refractivity contribution in [1.82, 2.24) is 4.98 Å². The second-order valence-corrected chi connectivity index (χ2v) is 8.24. The summed E-state index contributed by atoms with van der Waals surface area (Å²) < 4.78 is 6.94. The molecule has 1 aromatic heterocycles. The van der Waals surface area contributed by atoms with Crippen molar-refractivity contribution in [2.75, 3.05) is 5.32 Å². The lowest BCUT2D eigenvalue weighted by Gasteiger charge is -2.07. The van der Waals surface area contributed by atoms with E-state index in [1.54, 1.807) is 11.3 Å². The number of hydrogen-bond donors (Lipinski definition) is 1. The summed E-state index contributed by atoms with van der Waals surface area (Å²) in [4.78, 5) is 4.69. The van der Waals surface area contributed by atoms with Crippen molar-refractivity contribution in [2.45, 2.75) is 13.5 Å². The van der Waals surface area contributed by atoms with Crippen LogP contribution >= 0.6 is 27.3 Å². The van der Waals surface area contributed by atoms with Crippen LogP contribution in [-0.2, 0) is 6.61 Å². The number of halogens is 1. The summed E-state index contributed by atoms with van der Waals surface area (Å²) in [6, 6.07) is 24.5. The monoisotopic (exact) mass is 450 g/mol. The first-order valence-electron chi connectivity index (χ1n) is 8.93. The first-order chi connectivity index (χ1) is 13.7. The van der Waals surface area contributed by atoms with Gasteiger partial charge >= 0.3 is 0 Å². The van der Waals surface area contributed by atoms with Gasteiger partial charge in [-0.2, -0.15) is 0 Å². The van der Waals surface area contributed by atoms with E-state index in [2.05, 4.69) is 69.9 Å². The number of aromatic nitrogens is 1. The third-order valence-corrected chi connectivity index (χ3v) is 5.56. The molecule has 0 aliphatic rings. The molecule has 0 amide bonds. The summed E-state index contributed by atoms with van der Waals surface area (Å²) in [5.74, 6) is 0.847. The molecule has 0 aliphatic heterocycles. The summed E-state index contributed by atoms with van der Waals surface area (Å²) in [6.07, 6.45) is 0. The van der Waals surface area contributed by atoms with Crippen LogP contribution in [0.5, 0.6) is 5.75 Å². The molecule has 1 N–H and O–H groups in total. The zero-order valence-corrected chi connectivity index (χ0v) is 17.8. The minimum absolute atomic E-state index is 0.550. The first-order valence-corrected chi connectivity index (χ1v) is 10.6. The number of ether oxygens (including phenoxy) is 1. The van der Waals surface area contributed by atoms with Crippen LogP contribution in [0.3, 0.4) is 0 Å². The minimum atomic E-state index is 0.550. The van der Waals surface area contributed by atoms with Crippen molar-refractivity contribution in [1.29, 1.82) is 0 Å². The Morgan fingerprint density at radius 1 is 0.929 bits per heavy atom. The van der Waals surface area contributed by atoms with E-state index < -0.39 is 0 Å². The molecule has 5 heteroatoms. The van der Waals surface area contributed by atoms with Crippen LogP contribution in [0.15, 0.2) is 82.6 Å². The average molecular weight is 451 g/mol. The van der Waals surface area contributed by atoms with Crippen molar-refractivity contribution in [3.8, 4) is 17.0 Å². The van der Waals surface area contributed by atoms with E-state index in [-0.39, 0.29) is 0 Å². The van der Waals surface area contributed by atoms with Crippen LogP contribution in [0.25, 0.3) is 11.3 Å². The normalized spacial score (nSPS) is 10.6. The maximum absolute atomic E-state index is 5.87. The average Bonchev–Trinajstić information content (AvgIpc) is 3.18. The van der Waals surface area contributed by atoms with Crippen LogP contribution in [-0.4, -0.2) is 4.98 Å². The Balaban J connectivity index is 1.39.